The number of pyridine rings is 1. The summed E-state index contributed by atoms with van der Waals surface area (Å²) in [4.78, 5) is 20.3. The zero-order chi connectivity index (χ0) is 18.6. The van der Waals surface area contributed by atoms with E-state index in [9.17, 15) is 4.79 Å². The quantitative estimate of drug-likeness (QED) is 0.765. The second-order valence-electron chi connectivity index (χ2n) is 7.34. The molecule has 4 nitrogen and oxygen atoms in total. The molecule has 3 aromatic rings. The predicted molar refractivity (Wildman–Crippen MR) is 110 cm³/mol. The van der Waals surface area contributed by atoms with E-state index in [0.29, 0.717) is 5.56 Å². The Morgan fingerprint density at radius 3 is 2.67 bits per heavy atom. The van der Waals surface area contributed by atoms with Gasteiger partial charge in [0.2, 0.25) is 0 Å². The Morgan fingerprint density at radius 2 is 1.81 bits per heavy atom. The lowest BCUT2D eigenvalue weighted by atomic mass is 10.0. The van der Waals surface area contributed by atoms with Gasteiger partial charge < -0.3 is 10.2 Å². The van der Waals surface area contributed by atoms with Crippen molar-refractivity contribution < 1.29 is 4.79 Å². The molecule has 0 bridgehead atoms. The number of hydrogen-bond acceptors (Lipinski definition) is 3. The maximum absolute atomic E-state index is 13.2. The molecule has 2 heterocycles. The smallest absolute Gasteiger partial charge is 0.252 e. The van der Waals surface area contributed by atoms with Crippen LogP contribution in [-0.4, -0.2) is 42.0 Å². The summed E-state index contributed by atoms with van der Waals surface area (Å²) < 4.78 is 0. The van der Waals surface area contributed by atoms with Gasteiger partial charge >= 0.3 is 0 Å². The summed E-state index contributed by atoms with van der Waals surface area (Å²) in [7, 11) is 2.15. The van der Waals surface area contributed by atoms with Gasteiger partial charge in [-0.05, 0) is 51.5 Å². The lowest BCUT2D eigenvalue weighted by Crippen LogP contribution is -2.35. The summed E-state index contributed by atoms with van der Waals surface area (Å²) in [6.45, 7) is 2.13. The first-order chi connectivity index (χ1) is 13.2. The van der Waals surface area contributed by atoms with Gasteiger partial charge in [0.25, 0.3) is 5.91 Å². The van der Waals surface area contributed by atoms with Gasteiger partial charge in [0, 0.05) is 17.0 Å². The van der Waals surface area contributed by atoms with E-state index in [2.05, 4.69) is 17.3 Å². The van der Waals surface area contributed by atoms with E-state index in [1.807, 2.05) is 60.7 Å². The number of fused-ring (bicyclic) bond motifs is 1. The van der Waals surface area contributed by atoms with E-state index in [1.165, 1.54) is 0 Å². The van der Waals surface area contributed by atoms with Crippen LogP contribution in [0.2, 0.25) is 0 Å². The molecular weight excluding hydrogens is 334 g/mol. The van der Waals surface area contributed by atoms with Crippen LogP contribution in [0.5, 0.6) is 0 Å². The van der Waals surface area contributed by atoms with Crippen molar-refractivity contribution in [2.24, 2.45) is 0 Å². The Morgan fingerprint density at radius 1 is 1.04 bits per heavy atom. The highest BCUT2D eigenvalue weighted by molar-refractivity contribution is 6.07. The van der Waals surface area contributed by atoms with Gasteiger partial charge in [-0.15, -0.1) is 0 Å². The molecule has 1 saturated heterocycles. The molecule has 1 atom stereocenters. The van der Waals surface area contributed by atoms with Crippen LogP contribution in [0.4, 0.5) is 0 Å². The van der Waals surface area contributed by atoms with Gasteiger partial charge in [0.1, 0.15) is 0 Å². The van der Waals surface area contributed by atoms with E-state index >= 15 is 0 Å². The monoisotopic (exact) mass is 359 g/mol. The van der Waals surface area contributed by atoms with Gasteiger partial charge in [-0.1, -0.05) is 48.5 Å². The standard InChI is InChI=1S/C23H25N3O/c1-26-14-7-10-18(13-15-26)24-23(27)20-16-22(17-8-3-2-4-9-17)25-21-12-6-5-11-19(20)21/h2-6,8-9,11-12,16,18H,7,10,13-15H2,1H3,(H,24,27)/t18-/m1/s1. The van der Waals surface area contributed by atoms with Crippen LogP contribution in [-0.2, 0) is 0 Å². The summed E-state index contributed by atoms with van der Waals surface area (Å²) in [5.41, 5.74) is 3.41. The first kappa shape index (κ1) is 17.7. The SMILES string of the molecule is CN1CCC[C@@H](NC(=O)c2cc(-c3ccccc3)nc3ccccc23)CC1. The Balaban J connectivity index is 1.68. The molecule has 27 heavy (non-hydrogen) atoms. The van der Waals surface area contributed by atoms with E-state index in [1.54, 1.807) is 0 Å². The largest absolute Gasteiger partial charge is 0.349 e. The Hall–Kier alpha value is -2.72. The number of aromatic nitrogens is 1. The molecule has 1 N–H and O–H groups in total. The Labute approximate surface area is 160 Å². The maximum atomic E-state index is 13.2. The fourth-order valence-corrected chi connectivity index (χ4v) is 3.77. The third-order valence-corrected chi connectivity index (χ3v) is 5.32. The van der Waals surface area contributed by atoms with Crippen LogP contribution in [0.15, 0.2) is 60.7 Å². The van der Waals surface area contributed by atoms with E-state index < -0.39 is 0 Å². The highest BCUT2D eigenvalue weighted by Gasteiger charge is 2.20. The molecule has 1 aromatic heterocycles. The molecule has 1 aliphatic rings. The lowest BCUT2D eigenvalue weighted by Gasteiger charge is -2.18. The van der Waals surface area contributed by atoms with E-state index in [4.69, 9.17) is 4.98 Å². The summed E-state index contributed by atoms with van der Waals surface area (Å²) in [5.74, 6) is 0.000309. The van der Waals surface area contributed by atoms with Gasteiger partial charge in [-0.3, -0.25) is 4.79 Å². The van der Waals surface area contributed by atoms with Crippen LogP contribution in [0.1, 0.15) is 29.6 Å². The van der Waals surface area contributed by atoms with Crippen LogP contribution in [0.3, 0.4) is 0 Å². The minimum absolute atomic E-state index is 0.000309. The maximum Gasteiger partial charge on any atom is 0.252 e. The van der Waals surface area contributed by atoms with Crippen molar-refractivity contribution in [3.8, 4) is 11.3 Å². The van der Waals surface area contributed by atoms with Crippen molar-refractivity contribution in [1.82, 2.24) is 15.2 Å². The average Bonchev–Trinajstić information content (AvgIpc) is 2.92. The second kappa shape index (κ2) is 7.89. The van der Waals surface area contributed by atoms with Gasteiger partial charge in [0.15, 0.2) is 0 Å². The number of carbonyl (C=O) groups excluding carboxylic acids is 1. The van der Waals surface area contributed by atoms with Gasteiger partial charge in [0.05, 0.1) is 16.8 Å². The molecule has 1 amide bonds. The topological polar surface area (TPSA) is 45.2 Å². The zero-order valence-electron chi connectivity index (χ0n) is 15.7. The number of nitrogens with one attached hydrogen (secondary N) is 1. The average molecular weight is 359 g/mol. The normalized spacial score (nSPS) is 18.2. The molecular formula is C23H25N3O. The number of carbonyl (C=O) groups is 1. The van der Waals surface area contributed by atoms with Crippen molar-refractivity contribution in [3.05, 3.63) is 66.2 Å². The molecule has 138 valence electrons. The first-order valence-corrected chi connectivity index (χ1v) is 9.65. The summed E-state index contributed by atoms with van der Waals surface area (Å²) in [6.07, 6.45) is 3.15. The van der Waals surface area contributed by atoms with E-state index in [-0.39, 0.29) is 11.9 Å². The summed E-state index contributed by atoms with van der Waals surface area (Å²) >= 11 is 0. The number of benzene rings is 2. The summed E-state index contributed by atoms with van der Waals surface area (Å²) in [6, 6.07) is 20.1. The van der Waals surface area contributed by atoms with Crippen LogP contribution in [0.25, 0.3) is 22.2 Å². The lowest BCUT2D eigenvalue weighted by molar-refractivity contribution is 0.0935. The number of likely N-dealkylation sites (tertiary alicyclic amines) is 1. The Kier molecular flexibility index (Phi) is 5.16. The van der Waals surface area contributed by atoms with Crippen molar-refractivity contribution in [3.63, 3.8) is 0 Å². The molecule has 4 heteroatoms. The molecule has 0 radical (unpaired) electrons. The van der Waals surface area contributed by atoms with Crippen molar-refractivity contribution in [2.45, 2.75) is 25.3 Å². The highest BCUT2D eigenvalue weighted by atomic mass is 16.1. The van der Waals surface area contributed by atoms with Gasteiger partial charge in [-0.2, -0.15) is 0 Å². The molecule has 0 aliphatic carbocycles. The third kappa shape index (κ3) is 4.01. The van der Waals surface area contributed by atoms with Gasteiger partial charge in [-0.25, -0.2) is 4.98 Å². The number of rotatable bonds is 3. The molecule has 0 unspecified atom stereocenters. The van der Waals surface area contributed by atoms with E-state index in [0.717, 1.165) is 54.5 Å². The number of para-hydroxylation sites is 1. The highest BCUT2D eigenvalue weighted by Crippen LogP contribution is 2.25. The predicted octanol–water partition coefficient (Wildman–Crippen LogP) is 4.12. The van der Waals surface area contributed by atoms with Crippen molar-refractivity contribution in [2.75, 3.05) is 20.1 Å². The Bertz CT molecular complexity index is 939. The molecule has 2 aromatic carbocycles. The molecule has 1 aliphatic heterocycles. The number of nitrogens with zero attached hydrogens (tertiary/aromatic N) is 2. The minimum atomic E-state index is 0.000309. The van der Waals surface area contributed by atoms with Crippen LogP contribution >= 0.6 is 0 Å². The molecule has 1 fully saturated rings. The van der Waals surface area contributed by atoms with Crippen LogP contribution in [0, 0.1) is 0 Å². The summed E-state index contributed by atoms with van der Waals surface area (Å²) in [5, 5.41) is 4.18. The molecule has 4 rings (SSSR count). The number of hydrogen-bond donors (Lipinski definition) is 1. The zero-order valence-corrected chi connectivity index (χ0v) is 15.7. The third-order valence-electron chi connectivity index (χ3n) is 5.32. The molecule has 0 saturated carbocycles. The number of amides is 1. The fourth-order valence-electron chi connectivity index (χ4n) is 3.77. The van der Waals surface area contributed by atoms with Crippen molar-refractivity contribution >= 4 is 16.8 Å². The first-order valence-electron chi connectivity index (χ1n) is 9.65. The molecule has 0 spiro atoms. The minimum Gasteiger partial charge on any atom is -0.349 e. The van der Waals surface area contributed by atoms with Crippen LogP contribution < -0.4 is 5.32 Å². The van der Waals surface area contributed by atoms with Crippen molar-refractivity contribution in [1.29, 1.82) is 0 Å². The fraction of sp³-hybridized carbons (Fsp3) is 0.304. The second-order valence-corrected chi connectivity index (χ2v) is 7.34.